The maximum atomic E-state index is 12.1. The topological polar surface area (TPSA) is 505 Å². The first-order valence-corrected chi connectivity index (χ1v) is 33.1. The molecule has 2 aromatic rings. The molecule has 0 radical (unpaired) electrons. The number of fused-ring (bicyclic) bond motifs is 1. The van der Waals surface area contributed by atoms with Gasteiger partial charge in [-0.05, 0) is 28.8 Å². The van der Waals surface area contributed by atoms with Gasteiger partial charge in [-0.15, -0.1) is 0 Å². The monoisotopic (exact) mass is 1370 g/mol. The van der Waals surface area contributed by atoms with Crippen LogP contribution in [0.2, 0.25) is 0 Å². The lowest BCUT2D eigenvalue weighted by molar-refractivity contribution is -0.394. The second-order valence-corrected chi connectivity index (χ2v) is 26.4. The molecule has 0 aliphatic carbocycles. The van der Waals surface area contributed by atoms with Crippen molar-refractivity contribution in [3.63, 3.8) is 0 Å². The van der Waals surface area contributed by atoms with Crippen molar-refractivity contribution >= 4 is 23.5 Å². The number of ether oxygens (including phenoxy) is 14. The molecule has 30 aliphatic rings. The summed E-state index contributed by atoms with van der Waals surface area (Å²) in [6.07, 6.45) is -66.0. The van der Waals surface area contributed by atoms with Crippen LogP contribution in [0.1, 0.15) is 18.1 Å². The molecule has 21 unspecified atom stereocenters. The van der Waals surface area contributed by atoms with Crippen LogP contribution >= 0.6 is 23.5 Å². The van der Waals surface area contributed by atoms with Gasteiger partial charge >= 0.3 is 0 Å². The molecule has 0 spiro atoms. The average molecular weight is 1370 g/mol. The Labute approximate surface area is 540 Å². The Morgan fingerprint density at radius 1 is 0.312 bits per heavy atom. The molecule has 32 rings (SSSR count). The summed E-state index contributed by atoms with van der Waals surface area (Å²) >= 11 is 2.53. The summed E-state index contributed by atoms with van der Waals surface area (Å²) in [4.78, 5) is 0. The van der Waals surface area contributed by atoms with Crippen LogP contribution in [-0.4, -0.2) is 358 Å². The molecule has 16 saturated heterocycles. The molecule has 20 bridgehead atoms. The van der Waals surface area contributed by atoms with Crippen molar-refractivity contribution in [2.45, 2.75) is 233 Å². The van der Waals surface area contributed by atoms with E-state index in [9.17, 15) is 91.9 Å². The Morgan fingerprint density at radius 3 is 0.817 bits per heavy atom. The van der Waals surface area contributed by atoms with Crippen molar-refractivity contribution in [2.75, 3.05) is 51.0 Å². The van der Waals surface area contributed by atoms with Gasteiger partial charge in [0, 0.05) is 29.6 Å². The van der Waals surface area contributed by atoms with E-state index in [1.165, 1.54) is 23.5 Å². The van der Waals surface area contributed by atoms with E-state index in [2.05, 4.69) is 5.32 Å². The molecular weight excluding hydrogens is 1290 g/mol. The van der Waals surface area contributed by atoms with E-state index in [1.54, 1.807) is 6.92 Å². The third-order valence-corrected chi connectivity index (χ3v) is 20.4. The molecule has 0 amide bonds. The van der Waals surface area contributed by atoms with Crippen LogP contribution in [0.15, 0.2) is 48.5 Å². The van der Waals surface area contributed by atoms with Crippen LogP contribution in [0.4, 0.5) is 0 Å². The first-order chi connectivity index (χ1) is 44.7. The predicted molar refractivity (Wildman–Crippen MR) is 310 cm³/mol. The van der Waals surface area contributed by atoms with E-state index in [4.69, 9.17) is 66.3 Å². The summed E-state index contributed by atoms with van der Waals surface area (Å²) in [6.45, 7) is -2.07. The number of thioether (sulfide) groups is 2. The molecule has 33 nitrogen and oxygen atoms in total. The van der Waals surface area contributed by atoms with Gasteiger partial charge in [0.05, 0.1) is 38.6 Å². The minimum Gasteiger partial charge on any atom is -0.394 e. The van der Waals surface area contributed by atoms with E-state index in [0.29, 0.717) is 18.1 Å². The van der Waals surface area contributed by atoms with Gasteiger partial charge in [0.1, 0.15) is 159 Å². The van der Waals surface area contributed by atoms with Gasteiger partial charge in [-0.2, -0.15) is 23.5 Å². The SMILES string of the molecule is CCNCC1O[C@@H]2O[C@@H]3C(CO)O[C@H](O[C@@H]4C(CO)O[C@H](O[C@@H]5C6CSCc7ccc(cc7)-c7ccc(cc7)CSCC7O[C@H](O[C@H]1C(O)C2O)C(O)C(O)[C@@H]7O[C@H]1OC(CO)[C@@H](O[C@H]2OC(CO)[C@@H](O[C@@H](O6)C(O)C5O)C(O)C2O)C(O)C1O)C(O)C4O)C(O)C3O. The molecule has 35 atom stereocenters. The van der Waals surface area contributed by atoms with Crippen molar-refractivity contribution in [1.29, 1.82) is 0 Å². The standard InChI is InChI=1S/C58H85NO32S2/c1-2-59-11-24-45-31(64)38(71)52(78-24)86-46-25(12-60)79-53(39(72)32(46)65)87-47-26(13-61)82-56(42(75)35(47)68)91-51-30-19-93-17-21-5-9-23(10-6-21)22-7-3-20(4-8-22)16-92-18-29-50(36(69)43(76)57(83-29)85-45)90-55-41(74)34(67)48(27(14-62)81-55)88-54-40(73)33(66)49(28(15-63)80-54)89-58(84-30)44(77)37(51)70/h3-10,24-77H,2,11-19H2,1H3/t24?,25?,26?,27?,28?,29?,30?,31?,32?,33?,34?,35?,36?,37?,38?,39?,40?,41?,42?,43?,44?,45-,46-,47-,48-,49-,50-,51-,52-,53-,54-,55-,56-,57-,58-/m1/s1. The van der Waals surface area contributed by atoms with Crippen LogP contribution in [0.25, 0.3) is 11.1 Å². The van der Waals surface area contributed by atoms with Gasteiger partial charge in [0.25, 0.3) is 0 Å². The highest BCUT2D eigenvalue weighted by Crippen LogP contribution is 2.40. The summed E-state index contributed by atoms with van der Waals surface area (Å²) in [5, 5.41) is 211. The van der Waals surface area contributed by atoms with Gasteiger partial charge in [-0.3, -0.25) is 0 Å². The smallest absolute Gasteiger partial charge is 0.187 e. The summed E-state index contributed by atoms with van der Waals surface area (Å²) in [7, 11) is 0. The molecular formula is C58H85NO32S2. The number of benzene rings is 2. The second kappa shape index (κ2) is 31.6. The van der Waals surface area contributed by atoms with Crippen molar-refractivity contribution in [1.82, 2.24) is 5.32 Å². The van der Waals surface area contributed by atoms with E-state index in [-0.39, 0.29) is 18.1 Å². The molecule has 19 N–H and O–H groups in total. The highest BCUT2D eigenvalue weighted by atomic mass is 32.2. The molecule has 35 heteroatoms. The van der Waals surface area contributed by atoms with E-state index < -0.39 is 241 Å². The highest BCUT2D eigenvalue weighted by Gasteiger charge is 2.60. The second-order valence-electron chi connectivity index (χ2n) is 24.3. The number of likely N-dealkylation sites (N-methyl/N-ethyl adjacent to an activating group) is 1. The maximum absolute atomic E-state index is 12.1. The maximum Gasteiger partial charge on any atom is 0.187 e. The fourth-order valence-corrected chi connectivity index (χ4v) is 15.0. The number of nitrogens with one attached hydrogen (secondary N) is 1. The number of hydrogen-bond donors (Lipinski definition) is 19. The Hall–Kier alpha value is -2.18. The van der Waals surface area contributed by atoms with E-state index >= 15 is 0 Å². The van der Waals surface area contributed by atoms with Crippen LogP contribution in [0.3, 0.4) is 0 Å². The summed E-state index contributed by atoms with van der Waals surface area (Å²) in [5.74, 6) is 0.456. The van der Waals surface area contributed by atoms with Crippen molar-refractivity contribution in [2.24, 2.45) is 0 Å². The molecule has 0 saturated carbocycles. The normalized spacial score (nSPS) is 48.8. The van der Waals surface area contributed by atoms with Gasteiger partial charge in [0.15, 0.2) is 44.0 Å². The fraction of sp³-hybridized carbons (Fsp3) is 0.793. The Morgan fingerprint density at radius 2 is 0.548 bits per heavy atom. The Bertz CT molecular complexity index is 2650. The van der Waals surface area contributed by atoms with E-state index in [0.717, 1.165) is 22.3 Å². The molecule has 16 fully saturated rings. The van der Waals surface area contributed by atoms with E-state index in [1.807, 2.05) is 48.5 Å². The molecule has 30 aliphatic heterocycles. The van der Waals surface area contributed by atoms with Gasteiger partial charge in [0.2, 0.25) is 0 Å². The summed E-state index contributed by atoms with van der Waals surface area (Å²) in [6, 6.07) is 15.1. The van der Waals surface area contributed by atoms with Gasteiger partial charge in [-0.25, -0.2) is 0 Å². The lowest BCUT2D eigenvalue weighted by atomic mass is 9.95. The molecule has 30 heterocycles. The minimum atomic E-state index is -2.16. The quantitative estimate of drug-likeness (QED) is 0.122. The number of aliphatic hydroxyl groups is 18. The minimum absolute atomic E-state index is 0.0645. The molecule has 0 aromatic heterocycles. The van der Waals surface area contributed by atoms with Crippen LogP contribution in [0, 0.1) is 0 Å². The first kappa shape index (κ1) is 72.1. The zero-order valence-electron chi connectivity index (χ0n) is 50.0. The molecule has 93 heavy (non-hydrogen) atoms. The third kappa shape index (κ3) is 15.2. The zero-order valence-corrected chi connectivity index (χ0v) is 51.6. The number of rotatable bonds is 7. The average Bonchev–Trinajstić information content (AvgIpc) is 0.841. The van der Waals surface area contributed by atoms with Crippen LogP contribution in [-0.2, 0) is 77.8 Å². The van der Waals surface area contributed by atoms with Crippen molar-refractivity contribution in [3.8, 4) is 11.1 Å². The zero-order chi connectivity index (χ0) is 66.3. The van der Waals surface area contributed by atoms with Crippen LogP contribution < -0.4 is 5.32 Å². The summed E-state index contributed by atoms with van der Waals surface area (Å²) in [5.41, 5.74) is 3.34. The fourth-order valence-electron chi connectivity index (χ4n) is 12.9. The van der Waals surface area contributed by atoms with Gasteiger partial charge in [-0.1, -0.05) is 55.5 Å². The van der Waals surface area contributed by atoms with Crippen LogP contribution in [0.5, 0.6) is 0 Å². The lowest BCUT2D eigenvalue weighted by Crippen LogP contribution is -2.68. The Balaban J connectivity index is 0.974. The highest BCUT2D eigenvalue weighted by molar-refractivity contribution is 7.98. The number of aliphatic hydroxyl groups excluding tert-OH is 18. The number of hydrogen-bond acceptors (Lipinski definition) is 35. The molecule has 2 aromatic carbocycles. The first-order valence-electron chi connectivity index (χ1n) is 30.8. The third-order valence-electron chi connectivity index (χ3n) is 18.2. The predicted octanol–water partition coefficient (Wildman–Crippen LogP) is -8.75. The van der Waals surface area contributed by atoms with Crippen molar-refractivity contribution in [3.05, 3.63) is 59.7 Å². The van der Waals surface area contributed by atoms with Gasteiger partial charge < -0.3 is 164 Å². The summed E-state index contributed by atoms with van der Waals surface area (Å²) < 4.78 is 85.2. The largest absolute Gasteiger partial charge is 0.394 e. The van der Waals surface area contributed by atoms with Crippen molar-refractivity contribution < 1.29 is 158 Å². The Kier molecular flexibility index (Phi) is 24.5. The molecule has 526 valence electrons. The lowest BCUT2D eigenvalue weighted by Gasteiger charge is -2.50.